The SMILES string of the molecule is Cn1ccc2cccc(C3CC3CN)c21. The van der Waals surface area contributed by atoms with Gasteiger partial charge >= 0.3 is 0 Å². The Balaban J connectivity index is 2.14. The van der Waals surface area contributed by atoms with Crippen molar-refractivity contribution in [1.29, 1.82) is 0 Å². The fraction of sp³-hybridized carbons (Fsp3) is 0.385. The number of benzene rings is 1. The van der Waals surface area contributed by atoms with Gasteiger partial charge in [-0.25, -0.2) is 0 Å². The van der Waals surface area contributed by atoms with Crippen LogP contribution >= 0.6 is 0 Å². The standard InChI is InChI=1S/C13H16N2/c1-15-6-5-9-3-2-4-11(13(9)15)12-7-10(12)8-14/h2-6,10,12H,7-8,14H2,1H3. The van der Waals surface area contributed by atoms with E-state index in [1.807, 2.05) is 0 Å². The van der Waals surface area contributed by atoms with E-state index in [2.05, 4.69) is 42.1 Å². The number of aryl methyl sites for hydroxylation is 1. The highest BCUT2D eigenvalue weighted by Gasteiger charge is 2.38. The maximum atomic E-state index is 5.71. The summed E-state index contributed by atoms with van der Waals surface area (Å²) in [6.07, 6.45) is 3.40. The number of para-hydroxylation sites is 1. The molecule has 2 unspecified atom stereocenters. The molecule has 1 aliphatic carbocycles. The van der Waals surface area contributed by atoms with E-state index >= 15 is 0 Å². The summed E-state index contributed by atoms with van der Waals surface area (Å²) in [6.45, 7) is 0.825. The molecule has 2 aromatic rings. The maximum Gasteiger partial charge on any atom is 0.0513 e. The number of nitrogens with two attached hydrogens (primary N) is 1. The minimum absolute atomic E-state index is 0.701. The van der Waals surface area contributed by atoms with Crippen LogP contribution in [-0.2, 0) is 7.05 Å². The molecule has 15 heavy (non-hydrogen) atoms. The van der Waals surface area contributed by atoms with Crippen LogP contribution in [0.4, 0.5) is 0 Å². The molecule has 1 saturated carbocycles. The Labute approximate surface area is 89.7 Å². The summed E-state index contributed by atoms with van der Waals surface area (Å²) in [5.74, 6) is 1.41. The summed E-state index contributed by atoms with van der Waals surface area (Å²) in [4.78, 5) is 0. The van der Waals surface area contributed by atoms with Crippen LogP contribution in [0.15, 0.2) is 30.5 Å². The van der Waals surface area contributed by atoms with Gasteiger partial charge in [0.25, 0.3) is 0 Å². The van der Waals surface area contributed by atoms with Crippen LogP contribution in [0.2, 0.25) is 0 Å². The normalized spacial score (nSPS) is 24.7. The van der Waals surface area contributed by atoms with E-state index in [9.17, 15) is 0 Å². The van der Waals surface area contributed by atoms with Crippen LogP contribution in [-0.4, -0.2) is 11.1 Å². The maximum absolute atomic E-state index is 5.71. The number of rotatable bonds is 2. The fourth-order valence-corrected chi connectivity index (χ4v) is 2.58. The van der Waals surface area contributed by atoms with Gasteiger partial charge in [-0.3, -0.25) is 0 Å². The summed E-state index contributed by atoms with van der Waals surface area (Å²) in [7, 11) is 2.12. The van der Waals surface area contributed by atoms with Gasteiger partial charge in [-0.2, -0.15) is 0 Å². The Bertz CT molecular complexity index is 498. The molecule has 0 aliphatic heterocycles. The summed E-state index contributed by atoms with van der Waals surface area (Å²) in [5, 5.41) is 1.35. The first-order chi connectivity index (χ1) is 7.31. The first-order valence-corrected chi connectivity index (χ1v) is 5.55. The lowest BCUT2D eigenvalue weighted by Gasteiger charge is -2.05. The van der Waals surface area contributed by atoms with Crippen LogP contribution in [0.1, 0.15) is 17.9 Å². The molecule has 2 nitrogen and oxygen atoms in total. The van der Waals surface area contributed by atoms with Crippen molar-refractivity contribution in [1.82, 2.24) is 4.57 Å². The zero-order chi connectivity index (χ0) is 10.4. The minimum atomic E-state index is 0.701. The lowest BCUT2D eigenvalue weighted by molar-refractivity contribution is 0.808. The van der Waals surface area contributed by atoms with Gasteiger partial charge in [0, 0.05) is 13.2 Å². The van der Waals surface area contributed by atoms with Crippen LogP contribution in [0, 0.1) is 5.92 Å². The number of hydrogen-bond donors (Lipinski definition) is 1. The van der Waals surface area contributed by atoms with E-state index in [1.54, 1.807) is 0 Å². The van der Waals surface area contributed by atoms with Crippen molar-refractivity contribution in [2.24, 2.45) is 18.7 Å². The molecule has 2 heteroatoms. The largest absolute Gasteiger partial charge is 0.350 e. The lowest BCUT2D eigenvalue weighted by Crippen LogP contribution is -2.02. The van der Waals surface area contributed by atoms with Crippen molar-refractivity contribution in [2.45, 2.75) is 12.3 Å². The zero-order valence-corrected chi connectivity index (χ0v) is 8.98. The van der Waals surface area contributed by atoms with Crippen LogP contribution < -0.4 is 5.73 Å². The summed E-state index contributed by atoms with van der Waals surface area (Å²) >= 11 is 0. The molecule has 1 fully saturated rings. The van der Waals surface area contributed by atoms with E-state index in [0.29, 0.717) is 11.8 Å². The first kappa shape index (κ1) is 8.98. The quantitative estimate of drug-likeness (QED) is 0.792. The van der Waals surface area contributed by atoms with Crippen molar-refractivity contribution in [3.8, 4) is 0 Å². The highest BCUT2D eigenvalue weighted by atomic mass is 14.9. The van der Waals surface area contributed by atoms with Crippen LogP contribution in [0.5, 0.6) is 0 Å². The molecule has 1 heterocycles. The molecule has 1 aromatic heterocycles. The van der Waals surface area contributed by atoms with Crippen LogP contribution in [0.25, 0.3) is 10.9 Å². The average molecular weight is 200 g/mol. The smallest absolute Gasteiger partial charge is 0.0513 e. The summed E-state index contributed by atoms with van der Waals surface area (Å²) in [5.41, 5.74) is 8.58. The third-order valence-electron chi connectivity index (χ3n) is 3.55. The van der Waals surface area contributed by atoms with E-state index < -0.39 is 0 Å². The van der Waals surface area contributed by atoms with E-state index in [4.69, 9.17) is 5.73 Å². The molecule has 1 aliphatic rings. The number of hydrogen-bond acceptors (Lipinski definition) is 1. The fourth-order valence-electron chi connectivity index (χ4n) is 2.58. The van der Waals surface area contributed by atoms with Crippen molar-refractivity contribution in [3.05, 3.63) is 36.0 Å². The van der Waals surface area contributed by atoms with E-state index in [1.165, 1.54) is 22.9 Å². The van der Waals surface area contributed by atoms with Crippen molar-refractivity contribution >= 4 is 10.9 Å². The van der Waals surface area contributed by atoms with Crippen LogP contribution in [0.3, 0.4) is 0 Å². The van der Waals surface area contributed by atoms with Gasteiger partial charge in [0.05, 0.1) is 5.52 Å². The van der Waals surface area contributed by atoms with E-state index in [0.717, 1.165) is 6.54 Å². The van der Waals surface area contributed by atoms with Gasteiger partial charge in [-0.1, -0.05) is 18.2 Å². The van der Waals surface area contributed by atoms with Gasteiger partial charge in [-0.05, 0) is 41.8 Å². The predicted molar refractivity (Wildman–Crippen MR) is 62.8 cm³/mol. The van der Waals surface area contributed by atoms with Gasteiger partial charge in [0.2, 0.25) is 0 Å². The molecule has 0 radical (unpaired) electrons. The van der Waals surface area contributed by atoms with Crippen molar-refractivity contribution in [3.63, 3.8) is 0 Å². The summed E-state index contributed by atoms with van der Waals surface area (Å²) < 4.78 is 2.22. The monoisotopic (exact) mass is 200 g/mol. The van der Waals surface area contributed by atoms with Gasteiger partial charge in [-0.15, -0.1) is 0 Å². The molecule has 78 valence electrons. The molecular weight excluding hydrogens is 184 g/mol. The first-order valence-electron chi connectivity index (χ1n) is 5.55. The minimum Gasteiger partial charge on any atom is -0.350 e. The van der Waals surface area contributed by atoms with Crippen molar-refractivity contribution in [2.75, 3.05) is 6.54 Å². The predicted octanol–water partition coefficient (Wildman–Crippen LogP) is 2.24. The Hall–Kier alpha value is -1.28. The molecule has 0 spiro atoms. The second-order valence-corrected chi connectivity index (χ2v) is 4.55. The Kier molecular flexibility index (Phi) is 1.86. The van der Waals surface area contributed by atoms with Gasteiger partial charge < -0.3 is 10.3 Å². The number of nitrogens with zero attached hydrogens (tertiary/aromatic N) is 1. The molecule has 3 rings (SSSR count). The highest BCUT2D eigenvalue weighted by molar-refractivity contribution is 5.84. The molecular formula is C13H16N2. The third kappa shape index (κ3) is 1.29. The molecule has 0 amide bonds. The lowest BCUT2D eigenvalue weighted by atomic mass is 10.1. The average Bonchev–Trinajstić information content (AvgIpc) is 2.96. The second-order valence-electron chi connectivity index (χ2n) is 4.55. The van der Waals surface area contributed by atoms with Gasteiger partial charge in [0.15, 0.2) is 0 Å². The second kappa shape index (κ2) is 3.11. The molecule has 0 saturated heterocycles. The Morgan fingerprint density at radius 1 is 1.40 bits per heavy atom. The topological polar surface area (TPSA) is 30.9 Å². The molecule has 2 N–H and O–H groups in total. The Morgan fingerprint density at radius 2 is 2.27 bits per heavy atom. The van der Waals surface area contributed by atoms with E-state index in [-0.39, 0.29) is 0 Å². The van der Waals surface area contributed by atoms with Gasteiger partial charge in [0.1, 0.15) is 0 Å². The summed E-state index contributed by atoms with van der Waals surface area (Å²) in [6, 6.07) is 8.77. The number of fused-ring (bicyclic) bond motifs is 1. The zero-order valence-electron chi connectivity index (χ0n) is 8.98. The van der Waals surface area contributed by atoms with Crippen molar-refractivity contribution < 1.29 is 0 Å². The molecule has 1 aromatic carbocycles. The highest BCUT2D eigenvalue weighted by Crippen LogP contribution is 2.48. The number of aromatic nitrogens is 1. The third-order valence-corrected chi connectivity index (χ3v) is 3.55. The molecule has 0 bridgehead atoms. The molecule has 2 atom stereocenters. The Morgan fingerprint density at radius 3 is 3.00 bits per heavy atom.